The van der Waals surface area contributed by atoms with E-state index in [1.807, 2.05) is 35.3 Å². The molecule has 7 nitrogen and oxygen atoms in total. The Morgan fingerprint density at radius 3 is 2.59 bits per heavy atom. The number of rotatable bonds is 10. The Hall–Kier alpha value is -3.72. The zero-order chi connectivity index (χ0) is 27.4. The normalized spacial score (nSPS) is 11.7. The average molecular weight is 544 g/mol. The second-order valence-corrected chi connectivity index (χ2v) is 10.2. The summed E-state index contributed by atoms with van der Waals surface area (Å²) in [6, 6.07) is 12.2. The van der Waals surface area contributed by atoms with E-state index in [0.717, 1.165) is 60.4 Å². The molecule has 0 N–H and O–H groups in total. The Morgan fingerprint density at radius 2 is 1.77 bits per heavy atom. The molecule has 4 heterocycles. The lowest BCUT2D eigenvalue weighted by atomic mass is 9.99. The van der Waals surface area contributed by atoms with Gasteiger partial charge in [0.25, 0.3) is 0 Å². The van der Waals surface area contributed by atoms with Gasteiger partial charge in [0, 0.05) is 77.1 Å². The Morgan fingerprint density at radius 1 is 0.923 bits per heavy atom. The molecule has 39 heavy (non-hydrogen) atoms. The second kappa shape index (κ2) is 12.0. The molecule has 0 bridgehead atoms. The first-order valence-electron chi connectivity index (χ1n) is 13.0. The number of pyridine rings is 3. The molecule has 0 aliphatic heterocycles. The smallest absolute Gasteiger partial charge is 0.160 e. The fraction of sp³-hybridized carbons (Fsp3) is 0.267. The van der Waals surface area contributed by atoms with Crippen LogP contribution in [0.15, 0.2) is 73.4 Å². The maximum atomic E-state index is 14.7. The fourth-order valence-electron chi connectivity index (χ4n) is 4.52. The van der Waals surface area contributed by atoms with E-state index in [4.69, 9.17) is 11.6 Å². The maximum Gasteiger partial charge on any atom is 0.160 e. The first-order valence-corrected chi connectivity index (χ1v) is 13.4. The van der Waals surface area contributed by atoms with Gasteiger partial charge < -0.3 is 9.80 Å². The predicted molar refractivity (Wildman–Crippen MR) is 155 cm³/mol. The van der Waals surface area contributed by atoms with Crippen LogP contribution in [-0.2, 0) is 6.54 Å². The van der Waals surface area contributed by atoms with E-state index in [2.05, 4.69) is 63.1 Å². The van der Waals surface area contributed by atoms with Gasteiger partial charge in [0.1, 0.15) is 5.82 Å². The molecule has 0 amide bonds. The van der Waals surface area contributed by atoms with E-state index in [1.165, 1.54) is 12.1 Å². The third kappa shape index (κ3) is 6.30. The molecule has 0 spiro atoms. The summed E-state index contributed by atoms with van der Waals surface area (Å²) in [6.07, 6.45) is 9.24. The van der Waals surface area contributed by atoms with Gasteiger partial charge in [-0.1, -0.05) is 18.5 Å². The summed E-state index contributed by atoms with van der Waals surface area (Å²) in [7, 11) is 4.19. The number of likely N-dealkylation sites (N-methyl/N-ethyl adjacent to an activating group) is 2. The van der Waals surface area contributed by atoms with Gasteiger partial charge in [-0.05, 0) is 68.7 Å². The average Bonchev–Trinajstić information content (AvgIpc) is 3.43. The zero-order valence-corrected chi connectivity index (χ0v) is 23.1. The van der Waals surface area contributed by atoms with Crippen molar-refractivity contribution in [2.45, 2.75) is 13.5 Å². The van der Waals surface area contributed by atoms with Crippen LogP contribution in [0.2, 0.25) is 5.02 Å². The number of aromatic nitrogens is 5. The number of benzene rings is 1. The van der Waals surface area contributed by atoms with Crippen molar-refractivity contribution < 1.29 is 4.39 Å². The van der Waals surface area contributed by atoms with Gasteiger partial charge in [0.05, 0.1) is 18.4 Å². The summed E-state index contributed by atoms with van der Waals surface area (Å²) in [5, 5.41) is 5.89. The highest BCUT2D eigenvalue weighted by molar-refractivity contribution is 6.30. The van der Waals surface area contributed by atoms with Crippen molar-refractivity contribution in [1.29, 1.82) is 0 Å². The third-order valence-electron chi connectivity index (χ3n) is 6.76. The third-order valence-corrected chi connectivity index (χ3v) is 7.00. The molecule has 0 atom stereocenters. The molecule has 0 fully saturated rings. The van der Waals surface area contributed by atoms with Crippen molar-refractivity contribution in [3.8, 4) is 33.5 Å². The zero-order valence-electron chi connectivity index (χ0n) is 22.4. The van der Waals surface area contributed by atoms with Crippen LogP contribution in [0.1, 0.15) is 6.92 Å². The van der Waals surface area contributed by atoms with Gasteiger partial charge in [-0.2, -0.15) is 5.10 Å². The molecule has 0 radical (unpaired) electrons. The van der Waals surface area contributed by atoms with Crippen molar-refractivity contribution in [2.75, 3.05) is 40.3 Å². The molecule has 0 aliphatic carbocycles. The molecule has 5 rings (SSSR count). The van der Waals surface area contributed by atoms with Gasteiger partial charge in [-0.3, -0.25) is 9.67 Å². The van der Waals surface area contributed by atoms with Crippen molar-refractivity contribution >= 4 is 22.6 Å². The molecule has 200 valence electrons. The number of nitrogens with zero attached hydrogens (tertiary/aromatic N) is 7. The van der Waals surface area contributed by atoms with Crippen LogP contribution < -0.4 is 0 Å². The van der Waals surface area contributed by atoms with Crippen LogP contribution in [0.5, 0.6) is 0 Å². The van der Waals surface area contributed by atoms with Crippen LogP contribution in [0.25, 0.3) is 44.5 Å². The molecule has 0 unspecified atom stereocenters. The van der Waals surface area contributed by atoms with E-state index >= 15 is 0 Å². The lowest BCUT2D eigenvalue weighted by molar-refractivity contribution is 0.240. The fourth-order valence-corrected chi connectivity index (χ4v) is 4.69. The molecule has 0 aliphatic rings. The summed E-state index contributed by atoms with van der Waals surface area (Å²) in [6.45, 7) is 6.99. The van der Waals surface area contributed by atoms with Crippen LogP contribution in [0.3, 0.4) is 0 Å². The minimum atomic E-state index is -0.393. The lowest BCUT2D eigenvalue weighted by Gasteiger charge is -2.22. The Labute approximate surface area is 232 Å². The predicted octanol–water partition coefficient (Wildman–Crippen LogP) is 5.90. The molecule has 0 saturated heterocycles. The highest BCUT2D eigenvalue weighted by Crippen LogP contribution is 2.34. The monoisotopic (exact) mass is 543 g/mol. The largest absolute Gasteiger partial charge is 0.308 e. The first-order chi connectivity index (χ1) is 18.9. The topological polar surface area (TPSA) is 63.0 Å². The van der Waals surface area contributed by atoms with Gasteiger partial charge in [-0.25, -0.2) is 14.4 Å². The number of fused-ring (bicyclic) bond motifs is 1. The number of hydrogen-bond donors (Lipinski definition) is 0. The SMILES string of the molecule is CCN(CCN(C)C)CCn1cc(-c2cncc(-c3cc(-c4cc(Cl)ccc4F)nc4ncccc34)c2)cn1. The van der Waals surface area contributed by atoms with Crippen LogP contribution in [0, 0.1) is 5.82 Å². The van der Waals surface area contributed by atoms with Crippen molar-refractivity contribution in [2.24, 2.45) is 0 Å². The van der Waals surface area contributed by atoms with Crippen molar-refractivity contribution in [3.05, 3.63) is 84.3 Å². The molecular formula is C30H31ClFN7. The van der Waals surface area contributed by atoms with Crippen LogP contribution in [-0.4, -0.2) is 74.8 Å². The van der Waals surface area contributed by atoms with Crippen molar-refractivity contribution in [3.63, 3.8) is 0 Å². The van der Waals surface area contributed by atoms with Gasteiger partial charge >= 0.3 is 0 Å². The van der Waals surface area contributed by atoms with E-state index in [-0.39, 0.29) is 0 Å². The van der Waals surface area contributed by atoms with E-state index < -0.39 is 5.82 Å². The summed E-state index contributed by atoms with van der Waals surface area (Å²) in [5.74, 6) is -0.393. The quantitative estimate of drug-likeness (QED) is 0.219. The standard InChI is InChI=1S/C30H31ClFN7/c1-4-38(11-10-37(2)3)12-13-39-20-23(19-35-39)21-14-22(18-33-17-21)26-16-29(27-15-24(31)7-8-28(27)32)36-30-25(26)6-5-9-34-30/h5-9,14-20H,4,10-13H2,1-3H3. The molecule has 0 saturated carbocycles. The summed E-state index contributed by atoms with van der Waals surface area (Å²) >= 11 is 6.18. The van der Waals surface area contributed by atoms with Crippen molar-refractivity contribution in [1.82, 2.24) is 34.5 Å². The van der Waals surface area contributed by atoms with E-state index in [1.54, 1.807) is 18.5 Å². The molecule has 1 aromatic carbocycles. The Bertz CT molecular complexity index is 1580. The summed E-state index contributed by atoms with van der Waals surface area (Å²) < 4.78 is 16.7. The summed E-state index contributed by atoms with van der Waals surface area (Å²) in [5.41, 5.74) is 4.99. The van der Waals surface area contributed by atoms with Gasteiger partial charge in [0.15, 0.2) is 5.65 Å². The molecule has 4 aromatic heterocycles. The number of hydrogen-bond acceptors (Lipinski definition) is 6. The molecular weight excluding hydrogens is 513 g/mol. The minimum Gasteiger partial charge on any atom is -0.308 e. The molecule has 5 aromatic rings. The van der Waals surface area contributed by atoms with E-state index in [9.17, 15) is 4.39 Å². The maximum absolute atomic E-state index is 14.7. The Kier molecular flexibility index (Phi) is 8.26. The lowest BCUT2D eigenvalue weighted by Crippen LogP contribution is -2.34. The highest BCUT2D eigenvalue weighted by Gasteiger charge is 2.15. The van der Waals surface area contributed by atoms with Crippen LogP contribution in [0.4, 0.5) is 4.39 Å². The minimum absolute atomic E-state index is 0.327. The van der Waals surface area contributed by atoms with Gasteiger partial charge in [-0.15, -0.1) is 0 Å². The van der Waals surface area contributed by atoms with E-state index in [0.29, 0.717) is 21.9 Å². The van der Waals surface area contributed by atoms with Crippen LogP contribution >= 0.6 is 11.6 Å². The number of halogens is 2. The summed E-state index contributed by atoms with van der Waals surface area (Å²) in [4.78, 5) is 18.2. The highest BCUT2D eigenvalue weighted by atomic mass is 35.5. The van der Waals surface area contributed by atoms with Gasteiger partial charge in [0.2, 0.25) is 0 Å². The first kappa shape index (κ1) is 26.9. The Balaban J connectivity index is 1.45. The second-order valence-electron chi connectivity index (χ2n) is 9.75. The molecule has 9 heteroatoms.